The Kier molecular flexibility index (Phi) is 7.48. The number of benzene rings is 2. The van der Waals surface area contributed by atoms with E-state index in [1.807, 2.05) is 24.3 Å². The summed E-state index contributed by atoms with van der Waals surface area (Å²) in [5.74, 6) is -2.18. The third kappa shape index (κ3) is 6.08. The molecule has 1 aliphatic rings. The third-order valence-electron chi connectivity index (χ3n) is 5.36. The molecule has 1 heterocycles. The van der Waals surface area contributed by atoms with E-state index in [1.165, 1.54) is 11.0 Å². The van der Waals surface area contributed by atoms with E-state index in [-0.39, 0.29) is 24.0 Å². The van der Waals surface area contributed by atoms with Crippen molar-refractivity contribution in [1.29, 1.82) is 0 Å². The average molecular weight is 418 g/mol. The highest BCUT2D eigenvalue weighted by Gasteiger charge is 2.26. The highest BCUT2D eigenvalue weighted by molar-refractivity contribution is 5.92. The summed E-state index contributed by atoms with van der Waals surface area (Å²) in [5.41, 5.74) is 2.22. The molecule has 0 aromatic heterocycles. The summed E-state index contributed by atoms with van der Waals surface area (Å²) in [7, 11) is 0. The predicted molar refractivity (Wildman–Crippen MR) is 111 cm³/mol. The molecule has 30 heavy (non-hydrogen) atoms. The van der Waals surface area contributed by atoms with Gasteiger partial charge in [0, 0.05) is 17.4 Å². The Morgan fingerprint density at radius 3 is 2.07 bits per heavy atom. The van der Waals surface area contributed by atoms with Crippen molar-refractivity contribution in [2.24, 2.45) is 0 Å². The lowest BCUT2D eigenvalue weighted by molar-refractivity contribution is -1.00. The Labute approximate surface area is 174 Å². The molecule has 2 aromatic rings. The highest BCUT2D eigenvalue weighted by Crippen LogP contribution is 2.15. The highest BCUT2D eigenvalue weighted by atomic mass is 19.2. The first kappa shape index (κ1) is 21.9. The van der Waals surface area contributed by atoms with Crippen LogP contribution in [0.1, 0.15) is 12.5 Å². The topological polar surface area (TPSA) is 67.1 Å². The molecule has 0 unspecified atom stereocenters. The smallest absolute Gasteiger partial charge is 0.279 e. The zero-order valence-corrected chi connectivity index (χ0v) is 17.1. The van der Waals surface area contributed by atoms with Gasteiger partial charge in [-0.1, -0.05) is 25.1 Å². The van der Waals surface area contributed by atoms with Crippen LogP contribution in [0, 0.1) is 11.6 Å². The predicted octanol–water partition coefficient (Wildman–Crippen LogP) is -0.112. The molecule has 6 nitrogen and oxygen atoms in total. The summed E-state index contributed by atoms with van der Waals surface area (Å²) in [6.45, 7) is 5.81. The number of quaternary nitrogens is 2. The second-order valence-electron chi connectivity index (χ2n) is 7.59. The van der Waals surface area contributed by atoms with E-state index in [2.05, 4.69) is 17.6 Å². The number of hydrogen-bond acceptors (Lipinski definition) is 2. The minimum atomic E-state index is -0.989. The lowest BCUT2D eigenvalue weighted by Gasteiger charge is -2.29. The Balaban J connectivity index is 1.41. The number of carbonyl (C=O) groups excluding carboxylic acids is 2. The number of rotatable bonds is 7. The first-order chi connectivity index (χ1) is 14.4. The van der Waals surface area contributed by atoms with Gasteiger partial charge in [-0.15, -0.1) is 0 Å². The van der Waals surface area contributed by atoms with Crippen LogP contribution in [0.15, 0.2) is 42.5 Å². The van der Waals surface area contributed by atoms with E-state index in [4.69, 9.17) is 0 Å². The zero-order chi connectivity index (χ0) is 21.5. The van der Waals surface area contributed by atoms with E-state index in [9.17, 15) is 18.4 Å². The molecule has 4 N–H and O–H groups in total. The standard InChI is InChI=1S/C22H26F2N4O2/c1-2-16-5-3-4-6-20(16)26-22(30)15-28-11-9-27(10-12-28)14-21(29)25-17-7-8-18(23)19(24)13-17/h3-8,13H,2,9-12,14-15H2,1H3,(H,25,29)(H,26,30)/p+2. The van der Waals surface area contributed by atoms with Crippen molar-refractivity contribution in [2.45, 2.75) is 13.3 Å². The lowest BCUT2D eigenvalue weighted by Crippen LogP contribution is -3.28. The Morgan fingerprint density at radius 2 is 1.47 bits per heavy atom. The number of amides is 2. The number of carbonyl (C=O) groups is 2. The van der Waals surface area contributed by atoms with Gasteiger partial charge in [0.05, 0.1) is 0 Å². The molecule has 2 amide bonds. The average Bonchev–Trinajstić information content (AvgIpc) is 2.72. The van der Waals surface area contributed by atoms with Gasteiger partial charge in [-0.3, -0.25) is 9.59 Å². The number of para-hydroxylation sites is 1. The molecule has 2 aromatic carbocycles. The summed E-state index contributed by atoms with van der Waals surface area (Å²) in [6.07, 6.45) is 0.859. The maximum absolute atomic E-state index is 13.2. The van der Waals surface area contributed by atoms with Crippen molar-refractivity contribution in [2.75, 3.05) is 49.9 Å². The van der Waals surface area contributed by atoms with Crippen LogP contribution >= 0.6 is 0 Å². The molecule has 0 aliphatic carbocycles. The van der Waals surface area contributed by atoms with E-state index in [0.717, 1.165) is 60.9 Å². The van der Waals surface area contributed by atoms with Gasteiger partial charge in [-0.2, -0.15) is 0 Å². The number of nitrogens with one attached hydrogen (secondary N) is 4. The van der Waals surface area contributed by atoms with E-state index in [0.29, 0.717) is 6.54 Å². The van der Waals surface area contributed by atoms with Crippen LogP contribution in [0.5, 0.6) is 0 Å². The normalized spacial score (nSPS) is 18.6. The molecule has 0 atom stereocenters. The van der Waals surface area contributed by atoms with Crippen molar-refractivity contribution in [3.63, 3.8) is 0 Å². The zero-order valence-electron chi connectivity index (χ0n) is 17.1. The third-order valence-corrected chi connectivity index (χ3v) is 5.36. The summed E-state index contributed by atoms with van der Waals surface area (Å²) >= 11 is 0. The van der Waals surface area contributed by atoms with Gasteiger partial charge in [0.2, 0.25) is 0 Å². The van der Waals surface area contributed by atoms with Crippen molar-refractivity contribution >= 4 is 23.2 Å². The molecular formula is C22H28F2N4O2+2. The van der Waals surface area contributed by atoms with Gasteiger partial charge >= 0.3 is 0 Å². The van der Waals surface area contributed by atoms with E-state index < -0.39 is 11.6 Å². The van der Waals surface area contributed by atoms with Gasteiger partial charge in [-0.25, -0.2) is 8.78 Å². The van der Waals surface area contributed by atoms with Crippen molar-refractivity contribution in [1.82, 2.24) is 0 Å². The lowest BCUT2D eigenvalue weighted by atomic mass is 10.1. The maximum atomic E-state index is 13.2. The number of hydrogen-bond donors (Lipinski definition) is 4. The van der Waals surface area contributed by atoms with Crippen LogP contribution in [0.2, 0.25) is 0 Å². The summed E-state index contributed by atoms with van der Waals surface area (Å²) in [4.78, 5) is 26.9. The van der Waals surface area contributed by atoms with Crippen LogP contribution in [0.25, 0.3) is 0 Å². The van der Waals surface area contributed by atoms with Gasteiger partial charge in [-0.05, 0) is 30.2 Å². The van der Waals surface area contributed by atoms with Crippen molar-refractivity contribution in [3.05, 3.63) is 59.7 Å². The summed E-state index contributed by atoms with van der Waals surface area (Å²) in [5, 5.41) is 5.60. The van der Waals surface area contributed by atoms with E-state index >= 15 is 0 Å². The molecule has 3 rings (SSSR count). The fourth-order valence-electron chi connectivity index (χ4n) is 3.69. The van der Waals surface area contributed by atoms with Gasteiger partial charge in [0.25, 0.3) is 11.8 Å². The molecule has 0 bridgehead atoms. The maximum Gasteiger partial charge on any atom is 0.279 e. The van der Waals surface area contributed by atoms with Gasteiger partial charge < -0.3 is 20.4 Å². The molecule has 0 radical (unpaired) electrons. The summed E-state index contributed by atoms with van der Waals surface area (Å²) < 4.78 is 26.2. The molecule has 160 valence electrons. The number of anilines is 2. The van der Waals surface area contributed by atoms with Crippen LogP contribution in [0.4, 0.5) is 20.2 Å². The molecule has 1 saturated heterocycles. The Bertz CT molecular complexity index is 898. The quantitative estimate of drug-likeness (QED) is 0.507. The fraction of sp³-hybridized carbons (Fsp3) is 0.364. The largest absolute Gasteiger partial charge is 0.321 e. The van der Waals surface area contributed by atoms with Crippen LogP contribution in [-0.2, 0) is 16.0 Å². The second-order valence-corrected chi connectivity index (χ2v) is 7.59. The number of piperazine rings is 1. The second kappa shape index (κ2) is 10.3. The number of aryl methyl sites for hydroxylation is 1. The molecular weight excluding hydrogens is 390 g/mol. The van der Waals surface area contributed by atoms with Crippen LogP contribution in [-0.4, -0.2) is 51.1 Å². The Hall–Kier alpha value is -2.84. The first-order valence-corrected chi connectivity index (χ1v) is 10.2. The first-order valence-electron chi connectivity index (χ1n) is 10.2. The summed E-state index contributed by atoms with van der Waals surface area (Å²) in [6, 6.07) is 11.1. The fourth-order valence-corrected chi connectivity index (χ4v) is 3.69. The minimum Gasteiger partial charge on any atom is -0.321 e. The monoisotopic (exact) mass is 418 g/mol. The molecule has 1 aliphatic heterocycles. The molecule has 0 spiro atoms. The SMILES string of the molecule is CCc1ccccc1NC(=O)C[NH+]1CC[NH+](CC(=O)Nc2ccc(F)c(F)c2)CC1. The molecule has 1 fully saturated rings. The van der Waals surface area contributed by atoms with Gasteiger partial charge in [0.15, 0.2) is 24.7 Å². The van der Waals surface area contributed by atoms with Crippen molar-refractivity contribution in [3.8, 4) is 0 Å². The molecule has 8 heteroatoms. The van der Waals surface area contributed by atoms with Crippen LogP contribution < -0.4 is 20.4 Å². The van der Waals surface area contributed by atoms with Gasteiger partial charge in [0.1, 0.15) is 26.2 Å². The molecule has 0 saturated carbocycles. The minimum absolute atomic E-state index is 0.00886. The number of halogens is 2. The van der Waals surface area contributed by atoms with Crippen LogP contribution in [0.3, 0.4) is 0 Å². The van der Waals surface area contributed by atoms with E-state index in [1.54, 1.807) is 0 Å². The van der Waals surface area contributed by atoms with Crippen molar-refractivity contribution < 1.29 is 28.2 Å². The Morgan fingerprint density at radius 1 is 0.867 bits per heavy atom.